The van der Waals surface area contributed by atoms with E-state index in [4.69, 9.17) is 11.2 Å². The number of halogens is 3. The Morgan fingerprint density at radius 3 is 2.24 bits per heavy atom. The lowest BCUT2D eigenvalue weighted by molar-refractivity contribution is -0.137. The lowest BCUT2D eigenvalue weighted by atomic mass is 10.0. The Balaban J connectivity index is 3.62. The number of benzene rings is 1. The van der Waals surface area contributed by atoms with E-state index in [-0.39, 0.29) is 17.6 Å². The van der Waals surface area contributed by atoms with E-state index in [9.17, 15) is 22.5 Å². The molecule has 0 spiro atoms. The highest BCUT2D eigenvalue weighted by Crippen LogP contribution is 2.42. The molecule has 0 aliphatic rings. The third-order valence-corrected chi connectivity index (χ3v) is 4.80. The molecule has 0 atom stereocenters. The summed E-state index contributed by atoms with van der Waals surface area (Å²) in [7, 11) is -2.91. The second-order valence-corrected chi connectivity index (χ2v) is 10.0. The van der Waals surface area contributed by atoms with Crippen LogP contribution in [0.15, 0.2) is 18.2 Å². The molecule has 1 amide bonds. The molecular weight excluding hydrogens is 354 g/mol. The van der Waals surface area contributed by atoms with E-state index in [0.29, 0.717) is 0 Å². The zero-order valence-corrected chi connectivity index (χ0v) is 15.7. The topological polar surface area (TPSA) is 46.6 Å². The molecule has 25 heavy (non-hydrogen) atoms. The number of carbonyl (C=O) groups excluding carboxylic acids is 1. The van der Waals surface area contributed by atoms with Gasteiger partial charge in [-0.1, -0.05) is 5.92 Å². The molecule has 0 saturated heterocycles. The van der Waals surface area contributed by atoms with Crippen LogP contribution in [0.4, 0.5) is 23.7 Å². The van der Waals surface area contributed by atoms with Crippen LogP contribution < -0.4 is 10.2 Å². The van der Waals surface area contributed by atoms with Crippen molar-refractivity contribution < 1.29 is 27.3 Å². The molecule has 1 aromatic rings. The summed E-state index contributed by atoms with van der Waals surface area (Å²) in [4.78, 5) is 13.2. The molecule has 1 aromatic carbocycles. The molecule has 0 fully saturated rings. The van der Waals surface area contributed by atoms with Crippen molar-refractivity contribution >= 4 is 24.2 Å². The summed E-state index contributed by atoms with van der Waals surface area (Å²) >= 11 is 0. The monoisotopic (exact) mass is 375 g/mol. The highest BCUT2D eigenvalue weighted by atomic mass is 31.2. The number of hydrogen-bond donors (Lipinski definition) is 0. The van der Waals surface area contributed by atoms with Crippen LogP contribution in [0.2, 0.25) is 0 Å². The highest BCUT2D eigenvalue weighted by molar-refractivity contribution is 7.70. The van der Waals surface area contributed by atoms with Crippen molar-refractivity contribution in [1.29, 1.82) is 0 Å². The molecule has 0 heterocycles. The first kappa shape index (κ1) is 21.1. The van der Waals surface area contributed by atoms with Crippen LogP contribution in [0.5, 0.6) is 0 Å². The third kappa shape index (κ3) is 5.27. The Morgan fingerprint density at radius 1 is 1.28 bits per heavy atom. The van der Waals surface area contributed by atoms with E-state index in [2.05, 4.69) is 5.92 Å². The summed E-state index contributed by atoms with van der Waals surface area (Å²) < 4.78 is 57.7. The van der Waals surface area contributed by atoms with Crippen molar-refractivity contribution in [3.05, 3.63) is 23.8 Å². The number of hydrogen-bond acceptors (Lipinski definition) is 3. The number of amides is 1. The van der Waals surface area contributed by atoms with Gasteiger partial charge in [0.05, 0.1) is 11.3 Å². The summed E-state index contributed by atoms with van der Waals surface area (Å²) in [5, 5.41) is 0.0782. The van der Waals surface area contributed by atoms with Crippen molar-refractivity contribution in [1.82, 2.24) is 0 Å². The fourth-order valence-corrected chi connectivity index (χ4v) is 3.06. The van der Waals surface area contributed by atoms with Crippen LogP contribution in [0.1, 0.15) is 26.3 Å². The van der Waals surface area contributed by atoms with Gasteiger partial charge in [-0.15, -0.1) is 6.42 Å². The number of alkyl halides is 3. The van der Waals surface area contributed by atoms with Gasteiger partial charge in [-0.3, -0.25) is 4.90 Å². The quantitative estimate of drug-likeness (QED) is 0.584. The van der Waals surface area contributed by atoms with Crippen LogP contribution in [0.25, 0.3) is 0 Å². The van der Waals surface area contributed by atoms with Gasteiger partial charge in [0.2, 0.25) is 0 Å². The van der Waals surface area contributed by atoms with Gasteiger partial charge in [0.1, 0.15) is 7.14 Å². The molecule has 4 nitrogen and oxygen atoms in total. The van der Waals surface area contributed by atoms with Crippen molar-refractivity contribution in [2.45, 2.75) is 32.5 Å². The van der Waals surface area contributed by atoms with E-state index in [1.54, 1.807) is 20.8 Å². The molecule has 0 unspecified atom stereocenters. The maximum absolute atomic E-state index is 13.6. The first-order valence-corrected chi connectivity index (χ1v) is 9.97. The van der Waals surface area contributed by atoms with Gasteiger partial charge in [-0.25, -0.2) is 4.79 Å². The van der Waals surface area contributed by atoms with Gasteiger partial charge in [0, 0.05) is 10.8 Å². The predicted molar refractivity (Wildman–Crippen MR) is 92.9 cm³/mol. The van der Waals surface area contributed by atoms with Crippen LogP contribution in [0.3, 0.4) is 0 Å². The molecule has 0 aliphatic heterocycles. The van der Waals surface area contributed by atoms with Crippen LogP contribution >= 0.6 is 7.14 Å². The lowest BCUT2D eigenvalue weighted by Crippen LogP contribution is -2.47. The van der Waals surface area contributed by atoms with Crippen molar-refractivity contribution in [2.24, 2.45) is 0 Å². The van der Waals surface area contributed by atoms with E-state index < -0.39 is 30.5 Å². The maximum Gasteiger partial charge on any atom is 0.418 e. The molecule has 0 bridgehead atoms. The minimum atomic E-state index is -4.74. The second kappa shape index (κ2) is 7.13. The summed E-state index contributed by atoms with van der Waals surface area (Å²) in [6, 6.07) is 3.29. The molecule has 0 aromatic heterocycles. The van der Waals surface area contributed by atoms with Crippen LogP contribution in [0, 0.1) is 12.3 Å². The summed E-state index contributed by atoms with van der Waals surface area (Å²) in [6.45, 7) is 7.12. The molecule has 0 N–H and O–H groups in total. The average Bonchev–Trinajstić information content (AvgIpc) is 2.41. The van der Waals surface area contributed by atoms with Gasteiger partial charge in [-0.2, -0.15) is 13.2 Å². The number of rotatable bonds is 3. The van der Waals surface area contributed by atoms with E-state index in [1.807, 2.05) is 0 Å². The molecule has 8 heteroatoms. The highest BCUT2D eigenvalue weighted by Gasteiger charge is 2.40. The fraction of sp³-hybridized carbons (Fsp3) is 0.471. The molecular formula is C17H21F3NO3P. The number of terminal acetylenes is 1. The fourth-order valence-electron chi connectivity index (χ4n) is 2.18. The summed E-state index contributed by atoms with van der Waals surface area (Å²) in [5.41, 5.74) is -2.43. The Hall–Kier alpha value is -1.93. The number of anilines is 1. The van der Waals surface area contributed by atoms with E-state index in [1.165, 1.54) is 19.4 Å². The summed E-state index contributed by atoms with van der Waals surface area (Å²) in [6.07, 6.45) is -0.691. The Kier molecular flexibility index (Phi) is 6.02. The first-order chi connectivity index (χ1) is 11.2. The van der Waals surface area contributed by atoms with Crippen molar-refractivity contribution in [3.8, 4) is 12.3 Å². The van der Waals surface area contributed by atoms with Crippen molar-refractivity contribution in [3.63, 3.8) is 0 Å². The van der Waals surface area contributed by atoms with Gasteiger partial charge in [0.15, 0.2) is 6.61 Å². The van der Waals surface area contributed by atoms with Gasteiger partial charge in [-0.05, 0) is 52.3 Å². The standard InChI is InChI=1S/C17H21F3NO3P/c1-7-10-24-15(22)21(16(2,3)4)14-9-8-12(25(5,6)23)11-13(14)17(18,19)20/h1,8-9,11H,10H2,2-6H3. The van der Waals surface area contributed by atoms with E-state index >= 15 is 0 Å². The molecule has 138 valence electrons. The lowest BCUT2D eigenvalue weighted by Gasteiger charge is -2.36. The smallest absolute Gasteiger partial charge is 0.418 e. The molecule has 1 rings (SSSR count). The maximum atomic E-state index is 13.6. The number of carbonyl (C=O) groups is 1. The number of nitrogens with zero attached hydrogens (tertiary/aromatic N) is 1. The van der Waals surface area contributed by atoms with Crippen molar-refractivity contribution in [2.75, 3.05) is 24.8 Å². The van der Waals surface area contributed by atoms with Gasteiger partial charge >= 0.3 is 12.3 Å². The van der Waals surface area contributed by atoms with Gasteiger partial charge in [0.25, 0.3) is 0 Å². The van der Waals surface area contributed by atoms with Crippen LogP contribution in [-0.4, -0.2) is 31.6 Å². The van der Waals surface area contributed by atoms with Crippen LogP contribution in [-0.2, 0) is 15.5 Å². The minimum Gasteiger partial charge on any atom is -0.436 e. The molecule has 0 radical (unpaired) electrons. The Morgan fingerprint density at radius 2 is 1.84 bits per heavy atom. The Labute approximate surface area is 145 Å². The van der Waals surface area contributed by atoms with Gasteiger partial charge < -0.3 is 9.30 Å². The number of ether oxygens (including phenoxy) is 1. The minimum absolute atomic E-state index is 0.0782. The zero-order valence-electron chi connectivity index (χ0n) is 14.8. The first-order valence-electron chi connectivity index (χ1n) is 7.37. The molecule has 0 aliphatic carbocycles. The molecule has 0 saturated carbocycles. The summed E-state index contributed by atoms with van der Waals surface area (Å²) in [5.74, 6) is 2.10. The second-order valence-electron chi connectivity index (χ2n) is 6.82. The SMILES string of the molecule is C#CCOC(=O)N(c1ccc(P(C)(C)=O)cc1C(F)(F)F)C(C)(C)C. The van der Waals surface area contributed by atoms with E-state index in [0.717, 1.165) is 17.0 Å². The largest absolute Gasteiger partial charge is 0.436 e. The average molecular weight is 375 g/mol. The normalized spacial score (nSPS) is 12.4. The predicted octanol–water partition coefficient (Wildman–Crippen LogP) is 4.33. The zero-order chi connectivity index (χ0) is 19.6. The Bertz CT molecular complexity index is 739. The third-order valence-electron chi connectivity index (χ3n) is 3.28.